The van der Waals surface area contributed by atoms with Gasteiger partial charge in [-0.25, -0.2) is 0 Å². The molecular weight excluding hydrogens is 328 g/mol. The van der Waals surface area contributed by atoms with Crippen molar-refractivity contribution in [3.8, 4) is 17.2 Å². The van der Waals surface area contributed by atoms with Gasteiger partial charge in [-0.15, -0.1) is 0 Å². The Labute approximate surface area is 142 Å². The van der Waals surface area contributed by atoms with Gasteiger partial charge < -0.3 is 9.84 Å². The van der Waals surface area contributed by atoms with E-state index in [0.29, 0.717) is 12.2 Å². The Balaban J connectivity index is 2.34. The number of aromatic hydroxyl groups is 1. The fourth-order valence-corrected chi connectivity index (χ4v) is 3.26. The molecule has 6 heteroatoms. The van der Waals surface area contributed by atoms with Crippen LogP contribution in [0, 0.1) is 0 Å². The number of phenols is 1. The molecule has 0 saturated carbocycles. The smallest absolute Gasteiger partial charge is 0.294 e. The maximum Gasteiger partial charge on any atom is 0.294 e. The van der Waals surface area contributed by atoms with Gasteiger partial charge in [0.15, 0.2) is 11.5 Å². The van der Waals surface area contributed by atoms with Gasteiger partial charge in [-0.05, 0) is 37.1 Å². The first-order valence-electron chi connectivity index (χ1n) is 7.98. The predicted octanol–water partition coefficient (Wildman–Crippen LogP) is 4.55. The second-order valence-corrected chi connectivity index (χ2v) is 6.98. The van der Waals surface area contributed by atoms with Crippen LogP contribution in [0.2, 0.25) is 0 Å². The fourth-order valence-electron chi connectivity index (χ4n) is 2.51. The number of para-hydroxylation sites is 1. The number of rotatable bonds is 8. The van der Waals surface area contributed by atoms with Gasteiger partial charge in [-0.2, -0.15) is 8.42 Å². The zero-order valence-electron chi connectivity index (χ0n) is 13.6. The Morgan fingerprint density at radius 1 is 1.00 bits per heavy atom. The van der Waals surface area contributed by atoms with Crippen molar-refractivity contribution in [1.82, 2.24) is 0 Å². The minimum Gasteiger partial charge on any atom is -0.504 e. The molecule has 0 aliphatic rings. The number of hydrogen-bond acceptors (Lipinski definition) is 4. The lowest BCUT2D eigenvalue weighted by molar-refractivity contribution is 0.402. The summed E-state index contributed by atoms with van der Waals surface area (Å²) in [5.41, 5.74) is 0.196. The Morgan fingerprint density at radius 2 is 1.71 bits per heavy atom. The predicted molar refractivity (Wildman–Crippen MR) is 92.3 cm³/mol. The van der Waals surface area contributed by atoms with Crippen LogP contribution in [0.5, 0.6) is 17.2 Å². The lowest BCUT2D eigenvalue weighted by atomic mass is 10.0. The van der Waals surface area contributed by atoms with Crippen LogP contribution in [0.15, 0.2) is 47.4 Å². The molecular formula is C18H22O5S. The van der Waals surface area contributed by atoms with Gasteiger partial charge in [0.25, 0.3) is 10.1 Å². The largest absolute Gasteiger partial charge is 0.504 e. The highest BCUT2D eigenvalue weighted by atomic mass is 32.2. The van der Waals surface area contributed by atoms with Gasteiger partial charge in [0.05, 0.1) is 0 Å². The third-order valence-electron chi connectivity index (χ3n) is 3.73. The molecule has 0 aliphatic carbocycles. The summed E-state index contributed by atoms with van der Waals surface area (Å²) in [6.45, 7) is 2.08. The van der Waals surface area contributed by atoms with E-state index in [1.165, 1.54) is 12.1 Å². The maximum atomic E-state index is 11.6. The summed E-state index contributed by atoms with van der Waals surface area (Å²) >= 11 is 0. The molecule has 0 spiro atoms. The molecule has 130 valence electrons. The molecule has 5 nitrogen and oxygen atoms in total. The van der Waals surface area contributed by atoms with Crippen LogP contribution in [0.25, 0.3) is 0 Å². The van der Waals surface area contributed by atoms with Crippen molar-refractivity contribution in [3.05, 3.63) is 48.0 Å². The van der Waals surface area contributed by atoms with Gasteiger partial charge in [0.1, 0.15) is 10.6 Å². The topological polar surface area (TPSA) is 83.8 Å². The van der Waals surface area contributed by atoms with Crippen LogP contribution in [0.4, 0.5) is 0 Å². The first kappa shape index (κ1) is 18.3. The number of unbranched alkanes of at least 4 members (excludes halogenated alkanes) is 3. The summed E-state index contributed by atoms with van der Waals surface area (Å²) in [5, 5.41) is 10.5. The molecule has 0 amide bonds. The molecule has 2 aromatic carbocycles. The average molecular weight is 350 g/mol. The zero-order valence-corrected chi connectivity index (χ0v) is 14.4. The summed E-state index contributed by atoms with van der Waals surface area (Å²) in [4.78, 5) is -0.267. The summed E-state index contributed by atoms with van der Waals surface area (Å²) in [6.07, 6.45) is 4.08. The number of hydrogen-bond donors (Lipinski definition) is 2. The van der Waals surface area contributed by atoms with E-state index in [-0.39, 0.29) is 22.0 Å². The monoisotopic (exact) mass is 350 g/mol. The average Bonchev–Trinajstić information content (AvgIpc) is 2.54. The van der Waals surface area contributed by atoms with Gasteiger partial charge in [-0.1, -0.05) is 44.4 Å². The fraction of sp³-hybridized carbons (Fsp3) is 0.333. The van der Waals surface area contributed by atoms with Crippen molar-refractivity contribution < 1.29 is 22.8 Å². The normalized spacial score (nSPS) is 11.4. The van der Waals surface area contributed by atoms with Crippen molar-refractivity contribution in [3.63, 3.8) is 0 Å². The van der Waals surface area contributed by atoms with Crippen molar-refractivity contribution >= 4 is 10.1 Å². The molecule has 0 bridgehead atoms. The molecule has 0 aromatic heterocycles. The van der Waals surface area contributed by atoms with Crippen molar-refractivity contribution in [2.24, 2.45) is 0 Å². The Hall–Kier alpha value is -2.05. The quantitative estimate of drug-likeness (QED) is 0.539. The van der Waals surface area contributed by atoms with Crippen LogP contribution >= 0.6 is 0 Å². The Kier molecular flexibility index (Phi) is 6.23. The number of phenolic OH excluding ortho intramolecular Hbond substituents is 1. The van der Waals surface area contributed by atoms with Crippen LogP contribution in [0.1, 0.15) is 38.2 Å². The first-order chi connectivity index (χ1) is 11.4. The van der Waals surface area contributed by atoms with Crippen molar-refractivity contribution in [2.45, 2.75) is 43.9 Å². The van der Waals surface area contributed by atoms with Gasteiger partial charge >= 0.3 is 0 Å². The summed E-state index contributed by atoms with van der Waals surface area (Å²) < 4.78 is 38.2. The van der Waals surface area contributed by atoms with Crippen LogP contribution in [-0.2, 0) is 16.5 Å². The molecule has 0 unspecified atom stereocenters. The van der Waals surface area contributed by atoms with E-state index in [9.17, 15) is 18.1 Å². The molecule has 0 saturated heterocycles. The van der Waals surface area contributed by atoms with Crippen LogP contribution in [0.3, 0.4) is 0 Å². The second kappa shape index (κ2) is 8.17. The summed E-state index contributed by atoms with van der Waals surface area (Å²) in [6, 6.07) is 11.5. The summed E-state index contributed by atoms with van der Waals surface area (Å²) in [5.74, 6) is 0.453. The maximum absolute atomic E-state index is 11.6. The van der Waals surface area contributed by atoms with E-state index < -0.39 is 10.1 Å². The van der Waals surface area contributed by atoms with E-state index in [1.54, 1.807) is 24.3 Å². The van der Waals surface area contributed by atoms with Gasteiger partial charge in [0, 0.05) is 5.56 Å². The highest BCUT2D eigenvalue weighted by Crippen LogP contribution is 2.38. The molecule has 0 atom stereocenters. The molecule has 0 fully saturated rings. The molecule has 0 heterocycles. The second-order valence-electron chi connectivity index (χ2n) is 5.59. The van der Waals surface area contributed by atoms with E-state index >= 15 is 0 Å². The molecule has 2 aromatic rings. The zero-order chi connectivity index (χ0) is 17.6. The minimum atomic E-state index is -4.40. The standard InChI is InChI=1S/C18H22O5S/c1-2-3-4-8-11-15-17(24(20,21)22)13-12-16(18(15)19)23-14-9-6-5-7-10-14/h5-7,9-10,12-13,19H,2-4,8,11H2,1H3,(H,20,21,22). The van der Waals surface area contributed by atoms with Gasteiger partial charge in [0.2, 0.25) is 0 Å². The first-order valence-corrected chi connectivity index (χ1v) is 9.42. The van der Waals surface area contributed by atoms with Crippen LogP contribution in [-0.4, -0.2) is 18.1 Å². The van der Waals surface area contributed by atoms with E-state index in [1.807, 2.05) is 6.07 Å². The van der Waals surface area contributed by atoms with E-state index in [0.717, 1.165) is 25.7 Å². The molecule has 2 rings (SSSR count). The third-order valence-corrected chi connectivity index (χ3v) is 4.67. The highest BCUT2D eigenvalue weighted by molar-refractivity contribution is 7.85. The Morgan fingerprint density at radius 3 is 2.33 bits per heavy atom. The SMILES string of the molecule is CCCCCCc1c(S(=O)(=O)O)ccc(Oc2ccccc2)c1O. The van der Waals surface area contributed by atoms with Crippen molar-refractivity contribution in [2.75, 3.05) is 0 Å². The lowest BCUT2D eigenvalue weighted by Crippen LogP contribution is -2.04. The van der Waals surface area contributed by atoms with Crippen LogP contribution < -0.4 is 4.74 Å². The highest BCUT2D eigenvalue weighted by Gasteiger charge is 2.21. The molecule has 0 radical (unpaired) electrons. The minimum absolute atomic E-state index is 0.166. The molecule has 2 N–H and O–H groups in total. The van der Waals surface area contributed by atoms with E-state index in [4.69, 9.17) is 4.74 Å². The van der Waals surface area contributed by atoms with Crippen molar-refractivity contribution in [1.29, 1.82) is 0 Å². The Bertz CT molecular complexity index is 769. The third kappa shape index (κ3) is 4.72. The molecule has 24 heavy (non-hydrogen) atoms. The van der Waals surface area contributed by atoms with E-state index in [2.05, 4.69) is 6.92 Å². The number of benzene rings is 2. The molecule has 0 aliphatic heterocycles. The van der Waals surface area contributed by atoms with Gasteiger partial charge in [-0.3, -0.25) is 4.55 Å². The lowest BCUT2D eigenvalue weighted by Gasteiger charge is -2.14. The number of ether oxygens (including phenoxy) is 1. The summed E-state index contributed by atoms with van der Waals surface area (Å²) in [7, 11) is -4.40.